The first kappa shape index (κ1) is 16.1. The summed E-state index contributed by atoms with van der Waals surface area (Å²) in [6, 6.07) is 2.20. The van der Waals surface area contributed by atoms with Crippen molar-refractivity contribution in [3.05, 3.63) is 28.8 Å². The van der Waals surface area contributed by atoms with E-state index in [1.165, 1.54) is 6.07 Å². The van der Waals surface area contributed by atoms with E-state index in [1.807, 2.05) is 6.92 Å². The minimum atomic E-state index is -1.11. The van der Waals surface area contributed by atoms with Gasteiger partial charge in [-0.05, 0) is 26.0 Å². The van der Waals surface area contributed by atoms with Crippen LogP contribution in [-0.2, 0) is 4.79 Å². The summed E-state index contributed by atoms with van der Waals surface area (Å²) < 4.78 is 26.1. The van der Waals surface area contributed by atoms with Gasteiger partial charge in [0.25, 0.3) is 0 Å². The van der Waals surface area contributed by atoms with Crippen molar-refractivity contribution in [2.24, 2.45) is 5.92 Å². The number of amides is 1. The zero-order valence-electron chi connectivity index (χ0n) is 10.2. The van der Waals surface area contributed by atoms with Crippen molar-refractivity contribution >= 4 is 35.6 Å². The van der Waals surface area contributed by atoms with Crippen LogP contribution in [0, 0.1) is 17.6 Å². The number of carbonyl (C=O) groups is 1. The van der Waals surface area contributed by atoms with Gasteiger partial charge in [0, 0.05) is 17.8 Å². The van der Waals surface area contributed by atoms with Crippen LogP contribution in [0.1, 0.15) is 13.3 Å². The molecule has 106 valence electrons. The molecule has 0 aliphatic carbocycles. The Labute approximate surface area is 121 Å². The number of hydrogen-bond acceptors (Lipinski definition) is 2. The molecule has 2 atom stereocenters. The fourth-order valence-corrected chi connectivity index (χ4v) is 2.29. The highest BCUT2D eigenvalue weighted by molar-refractivity contribution is 6.31. The highest BCUT2D eigenvalue weighted by atomic mass is 35.5. The Balaban J connectivity index is 0.00000180. The molecule has 19 heavy (non-hydrogen) atoms. The largest absolute Gasteiger partial charge is 0.326 e. The third-order valence-corrected chi connectivity index (χ3v) is 3.39. The summed E-state index contributed by atoms with van der Waals surface area (Å²) >= 11 is 5.51. The quantitative estimate of drug-likeness (QED) is 0.825. The normalized spacial score (nSPS) is 21.9. The van der Waals surface area contributed by atoms with E-state index in [-0.39, 0.29) is 41.0 Å². The van der Waals surface area contributed by atoms with Crippen molar-refractivity contribution in [1.29, 1.82) is 0 Å². The smallest absolute Gasteiger partial charge is 0.229 e. The van der Waals surface area contributed by atoms with Gasteiger partial charge in [0.05, 0.1) is 10.9 Å². The summed E-state index contributed by atoms with van der Waals surface area (Å²) in [6.45, 7) is 2.69. The van der Waals surface area contributed by atoms with E-state index in [4.69, 9.17) is 11.6 Å². The molecular formula is C12H14Cl2F2N2O. The Morgan fingerprint density at radius 2 is 2.16 bits per heavy atom. The summed E-state index contributed by atoms with van der Waals surface area (Å²) in [5, 5.41) is 5.36. The number of benzene rings is 1. The molecule has 1 aliphatic heterocycles. The van der Waals surface area contributed by atoms with Gasteiger partial charge in [0.2, 0.25) is 5.91 Å². The number of hydrogen-bond donors (Lipinski definition) is 2. The molecule has 0 aromatic heterocycles. The minimum absolute atomic E-state index is 0. The molecule has 3 nitrogen and oxygen atoms in total. The van der Waals surface area contributed by atoms with Crippen molar-refractivity contribution in [2.75, 3.05) is 11.9 Å². The molecule has 2 N–H and O–H groups in total. The zero-order valence-corrected chi connectivity index (χ0v) is 11.7. The number of nitrogens with one attached hydrogen (secondary N) is 2. The average Bonchev–Trinajstić information content (AvgIpc) is 2.72. The lowest BCUT2D eigenvalue weighted by Gasteiger charge is -2.15. The van der Waals surface area contributed by atoms with E-state index in [0.29, 0.717) is 0 Å². The first-order valence-corrected chi connectivity index (χ1v) is 6.05. The van der Waals surface area contributed by atoms with E-state index in [1.54, 1.807) is 0 Å². The highest BCUT2D eigenvalue weighted by Gasteiger charge is 2.29. The van der Waals surface area contributed by atoms with Crippen LogP contribution in [0.5, 0.6) is 0 Å². The van der Waals surface area contributed by atoms with Crippen molar-refractivity contribution < 1.29 is 13.6 Å². The predicted molar refractivity (Wildman–Crippen MR) is 72.8 cm³/mol. The molecule has 1 aromatic carbocycles. The van der Waals surface area contributed by atoms with E-state index >= 15 is 0 Å². The number of anilines is 1. The van der Waals surface area contributed by atoms with E-state index in [2.05, 4.69) is 10.6 Å². The van der Waals surface area contributed by atoms with Crippen LogP contribution in [0.2, 0.25) is 5.02 Å². The summed E-state index contributed by atoms with van der Waals surface area (Å²) in [5.74, 6) is -2.56. The highest BCUT2D eigenvalue weighted by Crippen LogP contribution is 2.24. The second-order valence-corrected chi connectivity index (χ2v) is 4.79. The van der Waals surface area contributed by atoms with Crippen molar-refractivity contribution in [1.82, 2.24) is 5.32 Å². The molecule has 1 saturated heterocycles. The topological polar surface area (TPSA) is 41.1 Å². The molecule has 7 heteroatoms. The fraction of sp³-hybridized carbons (Fsp3) is 0.417. The van der Waals surface area contributed by atoms with Crippen LogP contribution < -0.4 is 10.6 Å². The zero-order chi connectivity index (χ0) is 13.3. The van der Waals surface area contributed by atoms with E-state index in [0.717, 1.165) is 19.0 Å². The Morgan fingerprint density at radius 1 is 1.47 bits per heavy atom. The molecular weight excluding hydrogens is 297 g/mol. The van der Waals surface area contributed by atoms with Gasteiger partial charge in [-0.1, -0.05) is 11.6 Å². The fourth-order valence-electron chi connectivity index (χ4n) is 2.08. The van der Waals surface area contributed by atoms with Crippen LogP contribution in [0.3, 0.4) is 0 Å². The molecule has 1 aromatic rings. The maximum absolute atomic E-state index is 13.1. The molecule has 1 fully saturated rings. The van der Waals surface area contributed by atoms with Gasteiger partial charge in [-0.2, -0.15) is 0 Å². The van der Waals surface area contributed by atoms with Gasteiger partial charge < -0.3 is 10.6 Å². The first-order chi connectivity index (χ1) is 8.49. The molecule has 0 radical (unpaired) electrons. The van der Waals surface area contributed by atoms with Crippen molar-refractivity contribution in [3.63, 3.8) is 0 Å². The second-order valence-electron chi connectivity index (χ2n) is 4.38. The maximum Gasteiger partial charge on any atom is 0.229 e. The summed E-state index contributed by atoms with van der Waals surface area (Å²) in [7, 11) is 0. The molecule has 1 amide bonds. The van der Waals surface area contributed by atoms with Crippen LogP contribution >= 0.6 is 24.0 Å². The molecule has 0 unspecified atom stereocenters. The van der Waals surface area contributed by atoms with Gasteiger partial charge in [-0.25, -0.2) is 8.78 Å². The average molecular weight is 311 g/mol. The molecule has 1 aliphatic rings. The third-order valence-electron chi connectivity index (χ3n) is 3.11. The predicted octanol–water partition coefficient (Wildman–Crippen LogP) is 2.98. The second kappa shape index (κ2) is 6.50. The van der Waals surface area contributed by atoms with Crippen molar-refractivity contribution in [2.45, 2.75) is 19.4 Å². The van der Waals surface area contributed by atoms with Crippen LogP contribution in [0.15, 0.2) is 12.1 Å². The molecule has 0 saturated carbocycles. The molecule has 0 bridgehead atoms. The van der Waals surface area contributed by atoms with Gasteiger partial charge in [0.15, 0.2) is 11.6 Å². The first-order valence-electron chi connectivity index (χ1n) is 5.68. The lowest BCUT2D eigenvalue weighted by atomic mass is 10.0. The maximum atomic E-state index is 13.1. The third kappa shape index (κ3) is 3.55. The van der Waals surface area contributed by atoms with E-state index in [9.17, 15) is 13.6 Å². The monoisotopic (exact) mass is 310 g/mol. The SMILES string of the molecule is C[C@@H]1NCC[C@@H]1C(=O)Nc1cc(F)c(F)c(Cl)c1.Cl. The Kier molecular flexibility index (Phi) is 5.52. The minimum Gasteiger partial charge on any atom is -0.326 e. The van der Waals surface area contributed by atoms with Gasteiger partial charge in [-0.15, -0.1) is 12.4 Å². The van der Waals surface area contributed by atoms with Gasteiger partial charge in [-0.3, -0.25) is 4.79 Å². The number of halogens is 4. The van der Waals surface area contributed by atoms with E-state index < -0.39 is 11.6 Å². The summed E-state index contributed by atoms with van der Waals surface area (Å²) in [5.41, 5.74) is 0.169. The Hall–Kier alpha value is -0.910. The number of rotatable bonds is 2. The molecule has 0 spiro atoms. The standard InChI is InChI=1S/C12H13ClF2N2O.ClH/c1-6-8(2-3-16-6)12(18)17-7-4-9(13)11(15)10(14)5-7;/h4-6,8,16H,2-3H2,1H3,(H,17,18);1H/t6-,8-;/m0./s1. The van der Waals surface area contributed by atoms with Gasteiger partial charge >= 0.3 is 0 Å². The summed E-state index contributed by atoms with van der Waals surface area (Å²) in [4.78, 5) is 11.9. The van der Waals surface area contributed by atoms with Crippen LogP contribution in [0.4, 0.5) is 14.5 Å². The number of carbonyl (C=O) groups excluding carboxylic acids is 1. The molecule has 2 rings (SSSR count). The molecule has 1 heterocycles. The summed E-state index contributed by atoms with van der Waals surface area (Å²) in [6.07, 6.45) is 0.727. The Morgan fingerprint density at radius 3 is 2.68 bits per heavy atom. The van der Waals surface area contributed by atoms with Crippen LogP contribution in [0.25, 0.3) is 0 Å². The lowest BCUT2D eigenvalue weighted by molar-refractivity contribution is -0.120. The van der Waals surface area contributed by atoms with Crippen molar-refractivity contribution in [3.8, 4) is 0 Å². The van der Waals surface area contributed by atoms with Crippen LogP contribution in [-0.4, -0.2) is 18.5 Å². The Bertz CT molecular complexity index is 462. The lowest BCUT2D eigenvalue weighted by Crippen LogP contribution is -2.32. The van der Waals surface area contributed by atoms with Gasteiger partial charge in [0.1, 0.15) is 0 Å².